The number of benzene rings is 1. The van der Waals surface area contributed by atoms with Crippen molar-refractivity contribution in [3.63, 3.8) is 0 Å². The van der Waals surface area contributed by atoms with E-state index in [1.165, 1.54) is 4.31 Å². The molecule has 1 aliphatic heterocycles. The number of hydrogen-bond donors (Lipinski definition) is 1. The van der Waals surface area contributed by atoms with E-state index in [9.17, 15) is 13.2 Å². The molecule has 8 nitrogen and oxygen atoms in total. The molecule has 5 rings (SSSR count). The summed E-state index contributed by atoms with van der Waals surface area (Å²) >= 11 is 0. The van der Waals surface area contributed by atoms with Gasteiger partial charge in [-0.25, -0.2) is 13.4 Å². The number of nitrogens with zero attached hydrogens (tertiary/aromatic N) is 4. The van der Waals surface area contributed by atoms with Crippen molar-refractivity contribution in [3.8, 4) is 0 Å². The summed E-state index contributed by atoms with van der Waals surface area (Å²) in [5, 5.41) is 8.21. The van der Waals surface area contributed by atoms with E-state index in [0.29, 0.717) is 36.0 Å². The van der Waals surface area contributed by atoms with E-state index in [4.69, 9.17) is 4.98 Å². The van der Waals surface area contributed by atoms with Crippen molar-refractivity contribution < 1.29 is 13.2 Å². The average molecular weight is 454 g/mol. The van der Waals surface area contributed by atoms with Gasteiger partial charge in [-0.3, -0.25) is 9.48 Å². The molecule has 168 valence electrons. The molecule has 1 amide bonds. The lowest BCUT2D eigenvalue weighted by atomic mass is 10.1. The molecule has 9 heteroatoms. The Morgan fingerprint density at radius 2 is 1.84 bits per heavy atom. The highest BCUT2D eigenvalue weighted by atomic mass is 32.2. The van der Waals surface area contributed by atoms with Crippen molar-refractivity contribution in [3.05, 3.63) is 52.8 Å². The number of amides is 1. The zero-order valence-electron chi connectivity index (χ0n) is 18.3. The molecule has 1 saturated carbocycles. The average Bonchev–Trinajstić information content (AvgIpc) is 3.40. The highest BCUT2D eigenvalue weighted by molar-refractivity contribution is 7.89. The topological polar surface area (TPSA) is 97.2 Å². The Morgan fingerprint density at radius 1 is 1.16 bits per heavy atom. The Bertz CT molecular complexity index is 1290. The van der Waals surface area contributed by atoms with Crippen molar-refractivity contribution >= 4 is 27.0 Å². The minimum Gasteiger partial charge on any atom is -0.348 e. The van der Waals surface area contributed by atoms with Crippen LogP contribution in [0.2, 0.25) is 0 Å². The first-order valence-electron chi connectivity index (χ1n) is 11.1. The molecule has 3 aromatic rings. The molecule has 2 fully saturated rings. The first-order chi connectivity index (χ1) is 15.3. The van der Waals surface area contributed by atoms with Gasteiger partial charge in [-0.2, -0.15) is 9.40 Å². The highest BCUT2D eigenvalue weighted by Gasteiger charge is 2.29. The molecule has 1 aromatic carbocycles. The van der Waals surface area contributed by atoms with Crippen LogP contribution in [-0.4, -0.2) is 46.5 Å². The van der Waals surface area contributed by atoms with Crippen LogP contribution in [0.5, 0.6) is 0 Å². The van der Waals surface area contributed by atoms with Crippen molar-refractivity contribution in [1.29, 1.82) is 0 Å². The zero-order chi connectivity index (χ0) is 22.5. The lowest BCUT2D eigenvalue weighted by Gasteiger charge is -2.15. The molecule has 2 aromatic heterocycles. The van der Waals surface area contributed by atoms with Crippen LogP contribution < -0.4 is 5.32 Å². The summed E-state index contributed by atoms with van der Waals surface area (Å²) in [7, 11) is -1.59. The van der Waals surface area contributed by atoms with E-state index >= 15 is 0 Å². The molecule has 3 heterocycles. The number of carbonyl (C=O) groups is 1. The summed E-state index contributed by atoms with van der Waals surface area (Å²) < 4.78 is 28.6. The summed E-state index contributed by atoms with van der Waals surface area (Å²) in [6.07, 6.45) is 4.02. The standard InChI is InChI=1S/C23H27N5O3S/c1-15-21-19(13-20(17-7-8-17)25-22(21)27(2)26-15)23(29)24-14-16-5-9-18(10-6-16)32(30,31)28-11-3-4-12-28/h5-6,9-10,13,17H,3-4,7-8,11-12,14H2,1-2H3,(H,24,29). The number of pyridine rings is 1. The van der Waals surface area contributed by atoms with Gasteiger partial charge in [-0.05, 0) is 56.4 Å². The fourth-order valence-corrected chi connectivity index (χ4v) is 5.88. The van der Waals surface area contributed by atoms with Gasteiger partial charge in [0.25, 0.3) is 5.91 Å². The van der Waals surface area contributed by atoms with E-state index in [2.05, 4.69) is 10.4 Å². The highest BCUT2D eigenvalue weighted by Crippen LogP contribution is 2.40. The maximum Gasteiger partial charge on any atom is 0.252 e. The van der Waals surface area contributed by atoms with Crippen LogP contribution in [0.3, 0.4) is 0 Å². The molecule has 1 N–H and O–H groups in total. The third kappa shape index (κ3) is 3.80. The number of sulfonamides is 1. The van der Waals surface area contributed by atoms with Gasteiger partial charge in [0.05, 0.1) is 21.5 Å². The molecule has 0 unspecified atom stereocenters. The zero-order valence-corrected chi connectivity index (χ0v) is 19.2. The lowest BCUT2D eigenvalue weighted by molar-refractivity contribution is 0.0952. The summed E-state index contributed by atoms with van der Waals surface area (Å²) in [5.74, 6) is 0.246. The molecule has 32 heavy (non-hydrogen) atoms. The fraction of sp³-hybridized carbons (Fsp3) is 0.435. The monoisotopic (exact) mass is 453 g/mol. The molecule has 0 atom stereocenters. The van der Waals surface area contributed by atoms with Gasteiger partial charge in [0.2, 0.25) is 10.0 Å². The number of fused-ring (bicyclic) bond motifs is 1. The van der Waals surface area contributed by atoms with Crippen molar-refractivity contribution in [2.24, 2.45) is 7.05 Å². The van der Waals surface area contributed by atoms with Crippen LogP contribution in [0, 0.1) is 6.92 Å². The summed E-state index contributed by atoms with van der Waals surface area (Å²) in [4.78, 5) is 18.2. The summed E-state index contributed by atoms with van der Waals surface area (Å²) in [6, 6.07) is 8.66. The molecular formula is C23H27N5O3S. The second-order valence-corrected chi connectivity index (χ2v) is 10.7. The van der Waals surface area contributed by atoms with E-state index in [1.807, 2.05) is 20.0 Å². The summed E-state index contributed by atoms with van der Waals surface area (Å²) in [5.41, 5.74) is 3.89. The van der Waals surface area contributed by atoms with Crippen molar-refractivity contribution in [1.82, 2.24) is 24.4 Å². The Kier molecular flexibility index (Phi) is 5.25. The van der Waals surface area contributed by atoms with Crippen LogP contribution in [0.15, 0.2) is 35.2 Å². The van der Waals surface area contributed by atoms with E-state index in [1.54, 1.807) is 28.9 Å². The Hall–Kier alpha value is -2.78. The second kappa shape index (κ2) is 7.97. The molecule has 0 spiro atoms. The Morgan fingerprint density at radius 3 is 2.50 bits per heavy atom. The fourth-order valence-electron chi connectivity index (χ4n) is 4.37. The number of aryl methyl sites for hydroxylation is 2. The smallest absolute Gasteiger partial charge is 0.252 e. The molecule has 0 radical (unpaired) electrons. The first-order valence-corrected chi connectivity index (χ1v) is 12.5. The Balaban J connectivity index is 1.34. The number of rotatable bonds is 6. The van der Waals surface area contributed by atoms with Crippen LogP contribution >= 0.6 is 0 Å². The number of nitrogens with one attached hydrogen (secondary N) is 1. The maximum absolute atomic E-state index is 13.1. The third-order valence-electron chi connectivity index (χ3n) is 6.31. The molecule has 1 saturated heterocycles. The number of carbonyl (C=O) groups excluding carboxylic acids is 1. The van der Waals surface area contributed by atoms with E-state index in [-0.39, 0.29) is 5.91 Å². The van der Waals surface area contributed by atoms with Crippen LogP contribution in [-0.2, 0) is 23.6 Å². The van der Waals surface area contributed by atoms with Gasteiger partial charge in [0.1, 0.15) is 0 Å². The van der Waals surface area contributed by atoms with Gasteiger partial charge in [-0.15, -0.1) is 0 Å². The predicted octanol–water partition coefficient (Wildman–Crippen LogP) is 2.87. The second-order valence-electron chi connectivity index (χ2n) is 8.71. The molecule has 1 aliphatic carbocycles. The Labute approximate surface area is 187 Å². The first kappa shape index (κ1) is 21.1. The van der Waals surface area contributed by atoms with Crippen molar-refractivity contribution in [2.75, 3.05) is 13.1 Å². The van der Waals surface area contributed by atoms with E-state index in [0.717, 1.165) is 53.7 Å². The van der Waals surface area contributed by atoms with Crippen LogP contribution in [0.1, 0.15) is 58.9 Å². The van der Waals surface area contributed by atoms with Gasteiger partial charge in [0.15, 0.2) is 5.65 Å². The number of hydrogen-bond acceptors (Lipinski definition) is 5. The van der Waals surface area contributed by atoms with Gasteiger partial charge < -0.3 is 5.32 Å². The van der Waals surface area contributed by atoms with Crippen molar-refractivity contribution in [2.45, 2.75) is 50.0 Å². The van der Waals surface area contributed by atoms with Gasteiger partial charge in [-0.1, -0.05) is 12.1 Å². The SMILES string of the molecule is Cc1nn(C)c2nc(C3CC3)cc(C(=O)NCc3ccc(S(=O)(=O)N4CCCC4)cc3)c12. The molecular weight excluding hydrogens is 426 g/mol. The van der Waals surface area contributed by atoms with Gasteiger partial charge in [0, 0.05) is 38.3 Å². The van der Waals surface area contributed by atoms with Crippen LogP contribution in [0.4, 0.5) is 0 Å². The quantitative estimate of drug-likeness (QED) is 0.619. The van der Waals surface area contributed by atoms with E-state index < -0.39 is 10.0 Å². The van der Waals surface area contributed by atoms with Gasteiger partial charge >= 0.3 is 0 Å². The maximum atomic E-state index is 13.1. The summed E-state index contributed by atoms with van der Waals surface area (Å²) in [6.45, 7) is 3.36. The third-order valence-corrected chi connectivity index (χ3v) is 8.22. The predicted molar refractivity (Wildman–Crippen MR) is 121 cm³/mol. The minimum atomic E-state index is -3.43. The molecule has 0 bridgehead atoms. The van der Waals surface area contributed by atoms with Crippen LogP contribution in [0.25, 0.3) is 11.0 Å². The lowest BCUT2D eigenvalue weighted by Crippen LogP contribution is -2.28. The minimum absolute atomic E-state index is 0.177. The molecule has 2 aliphatic rings. The number of aromatic nitrogens is 3. The largest absolute Gasteiger partial charge is 0.348 e. The normalized spacial score (nSPS) is 17.2.